The molecule has 1 aromatic carbocycles. The van der Waals surface area contributed by atoms with Gasteiger partial charge in [-0.1, -0.05) is 23.9 Å². The maximum Gasteiger partial charge on any atom is 0.321 e. The molecule has 1 aromatic heterocycles. The average molecular weight is 419 g/mol. The molecule has 0 aliphatic heterocycles. The van der Waals surface area contributed by atoms with Crippen molar-refractivity contribution in [3.05, 3.63) is 34.6 Å². The molecular weight excluding hydrogens is 390 g/mol. The predicted molar refractivity (Wildman–Crippen MR) is 113 cm³/mol. The largest absolute Gasteiger partial charge is 0.335 e. The van der Waals surface area contributed by atoms with Gasteiger partial charge in [0.05, 0.1) is 42.8 Å². The topological polar surface area (TPSA) is 97.5 Å². The lowest BCUT2D eigenvalue weighted by molar-refractivity contribution is -0.897. The Morgan fingerprint density at radius 3 is 2.66 bits per heavy atom. The third-order valence-electron chi connectivity index (χ3n) is 5.01. The van der Waals surface area contributed by atoms with E-state index < -0.39 is 11.9 Å². The Hall–Kier alpha value is -2.39. The second kappa shape index (κ2) is 9.89. The summed E-state index contributed by atoms with van der Waals surface area (Å²) >= 11 is 1.18. The number of nitrogens with zero attached hydrogens (tertiary/aromatic N) is 2. The van der Waals surface area contributed by atoms with Crippen LogP contribution in [-0.2, 0) is 11.3 Å². The van der Waals surface area contributed by atoms with Crippen LogP contribution in [0.15, 0.2) is 34.2 Å². The Labute approximate surface area is 174 Å². The zero-order chi connectivity index (χ0) is 20.8. The number of hydrogen-bond acceptors (Lipinski definition) is 5. The molecule has 0 radical (unpaired) electrons. The highest BCUT2D eigenvalue weighted by Crippen LogP contribution is 2.19. The number of carbonyl (C=O) groups is 2. The van der Waals surface area contributed by atoms with Gasteiger partial charge in [-0.2, -0.15) is 0 Å². The number of quaternary nitrogens is 1. The number of aromatic nitrogens is 2. The Morgan fingerprint density at radius 1 is 1.24 bits per heavy atom. The Balaban J connectivity index is 1.75. The summed E-state index contributed by atoms with van der Waals surface area (Å²) in [5.74, 6) is -0.391. The van der Waals surface area contributed by atoms with Crippen molar-refractivity contribution in [2.75, 3.05) is 25.4 Å². The quantitative estimate of drug-likeness (QED) is 0.405. The van der Waals surface area contributed by atoms with Crippen LogP contribution >= 0.6 is 11.8 Å². The minimum atomic E-state index is -0.466. The van der Waals surface area contributed by atoms with Gasteiger partial charge in [0, 0.05) is 6.04 Å². The van der Waals surface area contributed by atoms with Crippen molar-refractivity contribution < 1.29 is 14.5 Å². The van der Waals surface area contributed by atoms with E-state index in [4.69, 9.17) is 0 Å². The minimum Gasteiger partial charge on any atom is -0.335 e. The minimum absolute atomic E-state index is 0.0149. The fraction of sp³-hybridized carbons (Fsp3) is 0.500. The highest BCUT2D eigenvalue weighted by atomic mass is 32.2. The van der Waals surface area contributed by atoms with Crippen molar-refractivity contribution in [2.24, 2.45) is 0 Å². The number of likely N-dealkylation sites (N-methyl/N-ethyl adjacent to an activating group) is 1. The molecule has 3 amide bonds. The molecule has 156 valence electrons. The van der Waals surface area contributed by atoms with E-state index in [1.165, 1.54) is 16.7 Å². The number of imide groups is 1. The van der Waals surface area contributed by atoms with Crippen molar-refractivity contribution in [1.29, 1.82) is 0 Å². The summed E-state index contributed by atoms with van der Waals surface area (Å²) in [6.45, 7) is 7.52. The van der Waals surface area contributed by atoms with Crippen molar-refractivity contribution in [3.63, 3.8) is 0 Å². The number of urea groups is 1. The number of fused-ring (bicyclic) bond motifs is 1. The van der Waals surface area contributed by atoms with Gasteiger partial charge < -0.3 is 10.2 Å². The summed E-state index contributed by atoms with van der Waals surface area (Å²) < 4.78 is 1.65. The molecule has 29 heavy (non-hydrogen) atoms. The van der Waals surface area contributed by atoms with Crippen LogP contribution in [0.25, 0.3) is 10.9 Å². The molecule has 3 rings (SSSR count). The van der Waals surface area contributed by atoms with E-state index in [1.54, 1.807) is 16.7 Å². The first-order valence-corrected chi connectivity index (χ1v) is 11.1. The van der Waals surface area contributed by atoms with Crippen LogP contribution in [0.4, 0.5) is 4.79 Å². The molecule has 1 heterocycles. The maximum absolute atomic E-state index is 13.0. The molecule has 1 aliphatic carbocycles. The molecule has 1 aliphatic rings. The van der Waals surface area contributed by atoms with Crippen LogP contribution in [0.3, 0.4) is 0 Å². The van der Waals surface area contributed by atoms with Crippen molar-refractivity contribution in [2.45, 2.75) is 44.4 Å². The summed E-state index contributed by atoms with van der Waals surface area (Å²) in [4.78, 5) is 42.9. The molecule has 0 atom stereocenters. The third kappa shape index (κ3) is 5.80. The SMILES string of the molecule is CC[NH+](CC)CCn1c(SCC(=O)NC(=O)NC2CC2)nc2ccccc2c1=O. The van der Waals surface area contributed by atoms with Gasteiger partial charge in [-0.05, 0) is 38.8 Å². The summed E-state index contributed by atoms with van der Waals surface area (Å²) in [7, 11) is 0. The lowest BCUT2D eigenvalue weighted by Crippen LogP contribution is -3.11. The maximum atomic E-state index is 13.0. The van der Waals surface area contributed by atoms with E-state index in [2.05, 4.69) is 29.5 Å². The van der Waals surface area contributed by atoms with Gasteiger partial charge in [0.2, 0.25) is 5.91 Å². The van der Waals surface area contributed by atoms with E-state index in [1.807, 2.05) is 12.1 Å². The Morgan fingerprint density at radius 2 is 1.97 bits per heavy atom. The molecule has 8 nitrogen and oxygen atoms in total. The Bertz CT molecular complexity index is 937. The summed E-state index contributed by atoms with van der Waals surface area (Å²) in [6.07, 6.45) is 1.91. The van der Waals surface area contributed by atoms with Crippen LogP contribution in [0.5, 0.6) is 0 Å². The number of nitrogens with one attached hydrogen (secondary N) is 3. The highest BCUT2D eigenvalue weighted by Gasteiger charge is 2.24. The van der Waals surface area contributed by atoms with Crippen LogP contribution < -0.4 is 21.1 Å². The van der Waals surface area contributed by atoms with Crippen LogP contribution in [0.2, 0.25) is 0 Å². The van der Waals surface area contributed by atoms with E-state index >= 15 is 0 Å². The highest BCUT2D eigenvalue weighted by molar-refractivity contribution is 7.99. The molecule has 0 saturated heterocycles. The van der Waals surface area contributed by atoms with Gasteiger partial charge in [0.1, 0.15) is 0 Å². The first-order valence-electron chi connectivity index (χ1n) is 10.1. The van der Waals surface area contributed by atoms with Crippen molar-refractivity contribution in [3.8, 4) is 0 Å². The average Bonchev–Trinajstić information content (AvgIpc) is 3.52. The van der Waals surface area contributed by atoms with Crippen LogP contribution in [-0.4, -0.2) is 52.9 Å². The summed E-state index contributed by atoms with van der Waals surface area (Å²) in [6, 6.07) is 6.95. The molecule has 3 N–H and O–H groups in total. The summed E-state index contributed by atoms with van der Waals surface area (Å²) in [5.41, 5.74) is 0.509. The lowest BCUT2D eigenvalue weighted by atomic mass is 10.2. The predicted octanol–water partition coefficient (Wildman–Crippen LogP) is 0.402. The monoisotopic (exact) mass is 418 g/mol. The summed E-state index contributed by atoms with van der Waals surface area (Å²) in [5, 5.41) is 6.12. The number of carbonyl (C=O) groups excluding carboxylic acids is 2. The van der Waals surface area contributed by atoms with E-state index in [0.717, 1.165) is 32.5 Å². The van der Waals surface area contributed by atoms with Crippen molar-refractivity contribution in [1.82, 2.24) is 20.2 Å². The lowest BCUT2D eigenvalue weighted by Gasteiger charge is -2.18. The van der Waals surface area contributed by atoms with Gasteiger partial charge in [0.25, 0.3) is 5.56 Å². The zero-order valence-electron chi connectivity index (χ0n) is 16.9. The fourth-order valence-corrected chi connectivity index (χ4v) is 3.90. The number of hydrogen-bond donors (Lipinski definition) is 3. The van der Waals surface area contributed by atoms with Crippen LogP contribution in [0.1, 0.15) is 26.7 Å². The number of para-hydroxylation sites is 1. The normalized spacial score (nSPS) is 13.6. The number of rotatable bonds is 9. The molecule has 0 unspecified atom stereocenters. The number of thioether (sulfide) groups is 1. The molecule has 1 fully saturated rings. The molecule has 9 heteroatoms. The zero-order valence-corrected chi connectivity index (χ0v) is 17.7. The van der Waals surface area contributed by atoms with Gasteiger partial charge in [0.15, 0.2) is 5.16 Å². The van der Waals surface area contributed by atoms with E-state index in [-0.39, 0.29) is 17.4 Å². The van der Waals surface area contributed by atoms with Gasteiger partial charge in [-0.3, -0.25) is 19.5 Å². The first-order chi connectivity index (χ1) is 14.0. The Kier molecular flexibility index (Phi) is 7.27. The second-order valence-corrected chi connectivity index (χ2v) is 8.10. The van der Waals surface area contributed by atoms with Gasteiger partial charge in [-0.25, -0.2) is 9.78 Å². The molecule has 0 bridgehead atoms. The van der Waals surface area contributed by atoms with E-state index in [0.29, 0.717) is 22.6 Å². The smallest absolute Gasteiger partial charge is 0.321 e. The standard InChI is InChI=1S/C20H27N5O3S/c1-3-24(4-2)11-12-25-18(27)15-7-5-6-8-16(15)22-20(25)29-13-17(26)23-19(28)21-14-9-10-14/h5-8,14H,3-4,9-13H2,1-2H3,(H2,21,23,26,28)/p+1. The third-order valence-corrected chi connectivity index (χ3v) is 5.99. The van der Waals surface area contributed by atoms with Crippen molar-refractivity contribution >= 4 is 34.6 Å². The molecular formula is C20H28N5O3S+. The van der Waals surface area contributed by atoms with Gasteiger partial charge >= 0.3 is 6.03 Å². The van der Waals surface area contributed by atoms with E-state index in [9.17, 15) is 14.4 Å². The molecule has 0 spiro atoms. The number of benzene rings is 1. The molecule has 1 saturated carbocycles. The van der Waals surface area contributed by atoms with Gasteiger partial charge in [-0.15, -0.1) is 0 Å². The molecule has 2 aromatic rings. The fourth-order valence-electron chi connectivity index (χ4n) is 3.07. The second-order valence-electron chi connectivity index (χ2n) is 7.16. The first kappa shape index (κ1) is 21.3. The number of amides is 3. The van der Waals surface area contributed by atoms with Crippen LogP contribution in [0, 0.1) is 0 Å².